The van der Waals surface area contributed by atoms with Gasteiger partial charge in [-0.05, 0) is 35.7 Å². The van der Waals surface area contributed by atoms with Crippen molar-refractivity contribution in [3.63, 3.8) is 0 Å². The number of imide groups is 1. The number of carbonyl (C=O) groups is 4. The number of benzene rings is 2. The Morgan fingerprint density at radius 3 is 2.28 bits per heavy atom. The van der Waals surface area contributed by atoms with Gasteiger partial charge >= 0.3 is 5.97 Å². The van der Waals surface area contributed by atoms with Gasteiger partial charge in [-0.15, -0.1) is 0 Å². The van der Waals surface area contributed by atoms with Gasteiger partial charge in [0, 0.05) is 6.54 Å². The summed E-state index contributed by atoms with van der Waals surface area (Å²) in [6, 6.07) is 13.1. The molecule has 0 atom stereocenters. The second-order valence-electron chi connectivity index (χ2n) is 7.22. The molecule has 1 aliphatic heterocycles. The monoisotopic (exact) mass is 394 g/mol. The van der Waals surface area contributed by atoms with E-state index in [1.165, 1.54) is 0 Å². The predicted octanol–water partition coefficient (Wildman–Crippen LogP) is 2.41. The highest BCUT2D eigenvalue weighted by atomic mass is 16.5. The Morgan fingerprint density at radius 1 is 1.00 bits per heavy atom. The Balaban J connectivity index is 1.63. The third-order valence-electron chi connectivity index (χ3n) is 4.42. The van der Waals surface area contributed by atoms with E-state index in [9.17, 15) is 19.2 Å². The molecular weight excluding hydrogens is 372 g/mol. The van der Waals surface area contributed by atoms with Crippen LogP contribution in [0.1, 0.15) is 50.5 Å². The highest BCUT2D eigenvalue weighted by Crippen LogP contribution is 2.24. The molecule has 2 aromatic carbocycles. The van der Waals surface area contributed by atoms with Gasteiger partial charge in [0.15, 0.2) is 6.61 Å². The number of carbonyl (C=O) groups excluding carboxylic acids is 4. The van der Waals surface area contributed by atoms with Crippen molar-refractivity contribution in [3.05, 3.63) is 70.8 Å². The van der Waals surface area contributed by atoms with Gasteiger partial charge in [-0.3, -0.25) is 19.3 Å². The minimum absolute atomic E-state index is 0.0440. The van der Waals surface area contributed by atoms with E-state index in [1.54, 1.807) is 48.5 Å². The lowest BCUT2D eigenvalue weighted by Gasteiger charge is -2.14. The van der Waals surface area contributed by atoms with Crippen LogP contribution in [0, 0.1) is 5.92 Å². The lowest BCUT2D eigenvalue weighted by molar-refractivity contribution is -0.124. The summed E-state index contributed by atoms with van der Waals surface area (Å²) < 4.78 is 5.04. The van der Waals surface area contributed by atoms with Gasteiger partial charge in [-0.2, -0.15) is 0 Å². The normalized spacial score (nSPS) is 12.9. The molecule has 0 bridgehead atoms. The third kappa shape index (κ3) is 4.68. The molecule has 1 N–H and O–H groups in total. The molecule has 0 spiro atoms. The summed E-state index contributed by atoms with van der Waals surface area (Å²) in [6.07, 6.45) is 0. The van der Waals surface area contributed by atoms with Gasteiger partial charge in [0.05, 0.1) is 23.2 Å². The van der Waals surface area contributed by atoms with Crippen LogP contribution in [0.25, 0.3) is 0 Å². The largest absolute Gasteiger partial charge is 0.452 e. The SMILES string of the molecule is CC(C)CNC(=O)COC(=O)c1cccc(CN2C(=O)c3ccccc3C2=O)c1. The van der Waals surface area contributed by atoms with E-state index in [2.05, 4.69) is 5.32 Å². The minimum Gasteiger partial charge on any atom is -0.452 e. The summed E-state index contributed by atoms with van der Waals surface area (Å²) in [5.74, 6) is -1.43. The number of esters is 1. The smallest absolute Gasteiger partial charge is 0.338 e. The van der Waals surface area contributed by atoms with Crippen molar-refractivity contribution in [2.75, 3.05) is 13.2 Å². The van der Waals surface area contributed by atoms with Crippen LogP contribution < -0.4 is 5.32 Å². The number of rotatable bonds is 7. The fourth-order valence-electron chi connectivity index (χ4n) is 2.95. The second-order valence-corrected chi connectivity index (χ2v) is 7.22. The van der Waals surface area contributed by atoms with Crippen LogP contribution in [-0.4, -0.2) is 41.7 Å². The van der Waals surface area contributed by atoms with E-state index in [1.807, 2.05) is 13.8 Å². The fourth-order valence-corrected chi connectivity index (χ4v) is 2.95. The van der Waals surface area contributed by atoms with E-state index in [0.29, 0.717) is 29.2 Å². The summed E-state index contributed by atoms with van der Waals surface area (Å²) in [5, 5.41) is 2.67. The Bertz CT molecular complexity index is 932. The number of hydrogen-bond donors (Lipinski definition) is 1. The average Bonchev–Trinajstić information content (AvgIpc) is 2.96. The van der Waals surface area contributed by atoms with Crippen LogP contribution in [0.2, 0.25) is 0 Å². The molecule has 1 aliphatic rings. The predicted molar refractivity (Wildman–Crippen MR) is 105 cm³/mol. The molecular formula is C22H22N2O5. The molecule has 0 saturated heterocycles. The third-order valence-corrected chi connectivity index (χ3v) is 4.42. The fraction of sp³-hybridized carbons (Fsp3) is 0.273. The molecule has 7 nitrogen and oxygen atoms in total. The Morgan fingerprint density at radius 2 is 1.66 bits per heavy atom. The molecule has 0 saturated carbocycles. The van der Waals surface area contributed by atoms with Crippen molar-refractivity contribution >= 4 is 23.7 Å². The van der Waals surface area contributed by atoms with Crippen molar-refractivity contribution in [2.24, 2.45) is 5.92 Å². The molecule has 3 rings (SSSR count). The van der Waals surface area contributed by atoms with E-state index in [4.69, 9.17) is 4.74 Å². The van der Waals surface area contributed by atoms with Gasteiger partial charge in [0.2, 0.25) is 0 Å². The number of amides is 3. The summed E-state index contributed by atoms with van der Waals surface area (Å²) in [5.41, 5.74) is 1.61. The first-order chi connectivity index (χ1) is 13.9. The Labute approximate surface area is 168 Å². The van der Waals surface area contributed by atoms with E-state index in [-0.39, 0.29) is 36.4 Å². The lowest BCUT2D eigenvalue weighted by Crippen LogP contribution is -2.31. The van der Waals surface area contributed by atoms with Crippen molar-refractivity contribution in [1.29, 1.82) is 0 Å². The molecule has 0 aromatic heterocycles. The molecule has 0 aliphatic carbocycles. The topological polar surface area (TPSA) is 92.8 Å². The molecule has 0 fully saturated rings. The van der Waals surface area contributed by atoms with Crippen molar-refractivity contribution in [3.8, 4) is 0 Å². The minimum atomic E-state index is -0.645. The van der Waals surface area contributed by atoms with Crippen LogP contribution in [0.3, 0.4) is 0 Å². The summed E-state index contributed by atoms with van der Waals surface area (Å²) >= 11 is 0. The second kappa shape index (κ2) is 8.68. The number of nitrogens with zero attached hydrogens (tertiary/aromatic N) is 1. The summed E-state index contributed by atoms with van der Waals surface area (Å²) in [6.45, 7) is 4.11. The molecule has 7 heteroatoms. The summed E-state index contributed by atoms with van der Waals surface area (Å²) in [4.78, 5) is 50.0. The lowest BCUT2D eigenvalue weighted by atomic mass is 10.1. The quantitative estimate of drug-likeness (QED) is 0.575. The van der Waals surface area contributed by atoms with E-state index >= 15 is 0 Å². The highest BCUT2D eigenvalue weighted by molar-refractivity contribution is 6.21. The maximum atomic E-state index is 12.5. The molecule has 1 heterocycles. The molecule has 2 aromatic rings. The zero-order valence-corrected chi connectivity index (χ0v) is 16.3. The Hall–Kier alpha value is -3.48. The first-order valence-electron chi connectivity index (χ1n) is 9.35. The van der Waals surface area contributed by atoms with Crippen LogP contribution in [0.5, 0.6) is 0 Å². The van der Waals surface area contributed by atoms with Crippen LogP contribution in [-0.2, 0) is 16.1 Å². The summed E-state index contributed by atoms with van der Waals surface area (Å²) in [7, 11) is 0. The van der Waals surface area contributed by atoms with Crippen molar-refractivity contribution < 1.29 is 23.9 Å². The molecule has 29 heavy (non-hydrogen) atoms. The van der Waals surface area contributed by atoms with Crippen molar-refractivity contribution in [2.45, 2.75) is 20.4 Å². The zero-order valence-electron chi connectivity index (χ0n) is 16.3. The van der Waals surface area contributed by atoms with Crippen molar-refractivity contribution in [1.82, 2.24) is 10.2 Å². The van der Waals surface area contributed by atoms with Gasteiger partial charge in [0.1, 0.15) is 0 Å². The maximum Gasteiger partial charge on any atom is 0.338 e. The number of fused-ring (bicyclic) bond motifs is 1. The zero-order chi connectivity index (χ0) is 21.0. The average molecular weight is 394 g/mol. The first-order valence-corrected chi connectivity index (χ1v) is 9.35. The molecule has 0 radical (unpaired) electrons. The first kappa shape index (κ1) is 20.3. The van der Waals surface area contributed by atoms with E-state index < -0.39 is 5.97 Å². The molecule has 0 unspecified atom stereocenters. The van der Waals surface area contributed by atoms with Gasteiger partial charge < -0.3 is 10.1 Å². The number of ether oxygens (including phenoxy) is 1. The highest BCUT2D eigenvalue weighted by Gasteiger charge is 2.35. The van der Waals surface area contributed by atoms with Crippen LogP contribution in [0.4, 0.5) is 0 Å². The molecule has 3 amide bonds. The standard InChI is InChI=1S/C22H22N2O5/c1-14(2)11-23-19(25)13-29-22(28)16-7-5-6-15(10-16)12-24-20(26)17-8-3-4-9-18(17)21(24)27/h3-10,14H,11-13H2,1-2H3,(H,23,25). The maximum absolute atomic E-state index is 12.5. The Kier molecular flexibility index (Phi) is 6.07. The molecule has 150 valence electrons. The van der Waals surface area contributed by atoms with Gasteiger partial charge in [-0.25, -0.2) is 4.79 Å². The number of nitrogens with one attached hydrogen (secondary N) is 1. The van der Waals surface area contributed by atoms with Gasteiger partial charge in [0.25, 0.3) is 17.7 Å². The van der Waals surface area contributed by atoms with Gasteiger partial charge in [-0.1, -0.05) is 38.1 Å². The van der Waals surface area contributed by atoms with Crippen LogP contribution in [0.15, 0.2) is 48.5 Å². The number of hydrogen-bond acceptors (Lipinski definition) is 5. The van der Waals surface area contributed by atoms with Crippen LogP contribution >= 0.6 is 0 Å². The van der Waals surface area contributed by atoms with E-state index in [0.717, 1.165) is 4.90 Å².